The predicted octanol–water partition coefficient (Wildman–Crippen LogP) is 8.44. The van der Waals surface area contributed by atoms with Crippen LogP contribution in [-0.2, 0) is 54.6 Å². The number of aryl methyl sites for hydroxylation is 1. The Kier molecular flexibility index (Phi) is 18.2. The summed E-state index contributed by atoms with van der Waals surface area (Å²) in [6.45, 7) is 8.73. The number of nitrogens with one attached hydrogen (secondary N) is 2. The summed E-state index contributed by atoms with van der Waals surface area (Å²) in [5, 5.41) is 6.05. The molecule has 4 aromatic rings. The van der Waals surface area contributed by atoms with Crippen molar-refractivity contribution < 1.29 is 47.3 Å². The molecule has 5 rings (SSSR count). The van der Waals surface area contributed by atoms with Gasteiger partial charge in [0.25, 0.3) is 0 Å². The Morgan fingerprint density at radius 1 is 0.831 bits per heavy atom. The van der Waals surface area contributed by atoms with Gasteiger partial charge < -0.3 is 34.5 Å². The highest BCUT2D eigenvalue weighted by molar-refractivity contribution is 6.30. The molecule has 1 saturated carbocycles. The summed E-state index contributed by atoms with van der Waals surface area (Å²) >= 11 is 6.10. The minimum atomic E-state index is -1.10. The average molecular weight is 915 g/mol. The van der Waals surface area contributed by atoms with Crippen LogP contribution >= 0.6 is 11.6 Å². The topological polar surface area (TPSA) is 153 Å². The number of likely N-dealkylation sites (N-methyl/N-ethyl adjacent to an activating group) is 1. The van der Waals surface area contributed by atoms with Gasteiger partial charge in [-0.2, -0.15) is 0 Å². The molecule has 0 radical (unpaired) electrons. The van der Waals surface area contributed by atoms with Crippen LogP contribution in [0.3, 0.4) is 0 Å². The van der Waals surface area contributed by atoms with Crippen LogP contribution in [-0.4, -0.2) is 89.7 Å². The Morgan fingerprint density at radius 2 is 1.45 bits per heavy atom. The fourth-order valence-corrected chi connectivity index (χ4v) is 7.12. The summed E-state index contributed by atoms with van der Waals surface area (Å²) in [5.74, 6) is -2.28. The summed E-state index contributed by atoms with van der Waals surface area (Å²) in [6.07, 6.45) is 0.254. The number of alkyl carbamates (subject to hydrolysis) is 1. The van der Waals surface area contributed by atoms with Gasteiger partial charge in [-0.05, 0) is 107 Å². The molecule has 0 heterocycles. The third-order valence-corrected chi connectivity index (χ3v) is 10.9. The Bertz CT molecular complexity index is 2200. The molecule has 4 aromatic carbocycles. The number of halogens is 2. The van der Waals surface area contributed by atoms with Gasteiger partial charge >= 0.3 is 18.2 Å². The molecule has 1 fully saturated rings. The third-order valence-electron chi connectivity index (χ3n) is 10.7. The predicted molar refractivity (Wildman–Crippen MR) is 244 cm³/mol. The van der Waals surface area contributed by atoms with Crippen molar-refractivity contribution in [2.45, 2.75) is 110 Å². The summed E-state index contributed by atoms with van der Waals surface area (Å²) in [5.41, 5.74) is 2.13. The number of nitrogens with zero attached hydrogens (tertiary/aromatic N) is 2. The molecule has 1 aliphatic carbocycles. The van der Waals surface area contributed by atoms with Gasteiger partial charge in [-0.15, -0.1) is 0 Å². The van der Waals surface area contributed by atoms with Crippen LogP contribution in [0.4, 0.5) is 14.0 Å². The van der Waals surface area contributed by atoms with E-state index < -0.39 is 65.6 Å². The molecule has 0 aliphatic heterocycles. The van der Waals surface area contributed by atoms with Crippen molar-refractivity contribution in [1.29, 1.82) is 0 Å². The van der Waals surface area contributed by atoms with Crippen LogP contribution in [0.5, 0.6) is 5.75 Å². The van der Waals surface area contributed by atoms with Gasteiger partial charge in [0.1, 0.15) is 54.6 Å². The van der Waals surface area contributed by atoms with Crippen molar-refractivity contribution in [2.75, 3.05) is 20.1 Å². The van der Waals surface area contributed by atoms with Crippen LogP contribution < -0.4 is 15.4 Å². The molecule has 0 spiro atoms. The highest BCUT2D eigenvalue weighted by Crippen LogP contribution is 2.37. The molecule has 0 unspecified atom stereocenters. The minimum absolute atomic E-state index is 0.00176. The van der Waals surface area contributed by atoms with Gasteiger partial charge in [-0.3, -0.25) is 14.5 Å². The van der Waals surface area contributed by atoms with Crippen LogP contribution in [0, 0.1) is 11.7 Å². The first-order chi connectivity index (χ1) is 31.0. The molecular formula is C50H60ClFN4O9. The largest absolute Gasteiger partial charge is 0.488 e. The molecule has 1 aliphatic rings. The molecule has 0 saturated heterocycles. The van der Waals surface area contributed by atoms with E-state index in [4.69, 9.17) is 30.5 Å². The van der Waals surface area contributed by atoms with Crippen LogP contribution in [0.15, 0.2) is 103 Å². The molecule has 15 heteroatoms. The Morgan fingerprint density at radius 3 is 2.05 bits per heavy atom. The lowest BCUT2D eigenvalue weighted by atomic mass is 10.0. The maximum Gasteiger partial charge on any atom is 0.411 e. The molecule has 13 nitrogen and oxygen atoms in total. The Hall–Kier alpha value is -6.15. The second-order valence-electron chi connectivity index (χ2n) is 17.3. The second-order valence-corrected chi connectivity index (χ2v) is 17.7. The fraction of sp³-hybridized carbons (Fsp3) is 0.420. The lowest BCUT2D eigenvalue weighted by Crippen LogP contribution is -2.58. The SMILES string of the molecule is C[C@H](CN(C(=O)OC(C)(C)C)[C@H](C(=O)N(C)[C@H](C)C(=O)N[C@H](Cc1ccc(Cl)cc1)C(=O)OCc1ccccc1)C1CC1)Oc1cc(F)ccc1CCCNC(=O)OCc1ccccc1. The standard InChI is InChI=1S/C50H60ClFN4O9/c1-33(64-43-29-41(52)26-23-38(43)18-13-27-53-48(60)63-32-37-16-11-8-12-17-37)30-56(49(61)65-50(3,4)5)44(39-21-22-39)46(58)55(6)34(2)45(57)54-42(28-35-19-24-40(51)25-20-35)47(59)62-31-36-14-9-7-10-15-36/h7-12,14-17,19-20,23-26,29,33-34,39,42,44H,13,18,21-22,27-28,30-32H2,1-6H3,(H,53,60)(H,54,57)/t33-,34-,42-,44+/m1/s1. The zero-order valence-electron chi connectivity index (χ0n) is 37.9. The van der Waals surface area contributed by atoms with Crippen LogP contribution in [0.1, 0.15) is 76.1 Å². The van der Waals surface area contributed by atoms with Gasteiger partial charge in [-0.1, -0.05) is 90.5 Å². The Balaban J connectivity index is 1.26. The van der Waals surface area contributed by atoms with Crippen LogP contribution in [0.25, 0.3) is 0 Å². The third kappa shape index (κ3) is 16.1. The number of hydrogen-bond donors (Lipinski definition) is 2. The number of benzene rings is 4. The van der Waals surface area contributed by atoms with E-state index in [1.165, 1.54) is 29.0 Å². The Labute approximate surface area is 385 Å². The van der Waals surface area contributed by atoms with E-state index >= 15 is 0 Å². The molecule has 2 N–H and O–H groups in total. The number of rotatable bonds is 21. The highest BCUT2D eigenvalue weighted by atomic mass is 35.5. The molecule has 4 atom stereocenters. The van der Waals surface area contributed by atoms with Crippen molar-refractivity contribution in [1.82, 2.24) is 20.4 Å². The zero-order chi connectivity index (χ0) is 47.1. The number of ether oxygens (including phenoxy) is 4. The van der Waals surface area contributed by atoms with E-state index in [1.54, 1.807) is 65.0 Å². The monoisotopic (exact) mass is 914 g/mol. The van der Waals surface area contributed by atoms with E-state index in [0.717, 1.165) is 16.7 Å². The zero-order valence-corrected chi connectivity index (χ0v) is 38.6. The summed E-state index contributed by atoms with van der Waals surface area (Å²) in [7, 11) is 1.48. The highest BCUT2D eigenvalue weighted by Gasteiger charge is 2.46. The molecular weight excluding hydrogens is 855 g/mol. The van der Waals surface area contributed by atoms with E-state index in [1.807, 2.05) is 60.7 Å². The van der Waals surface area contributed by atoms with Crippen molar-refractivity contribution >= 4 is 41.6 Å². The molecule has 0 aromatic heterocycles. The smallest absolute Gasteiger partial charge is 0.411 e. The van der Waals surface area contributed by atoms with E-state index in [2.05, 4.69) is 10.6 Å². The van der Waals surface area contributed by atoms with Gasteiger partial charge in [-0.25, -0.2) is 18.8 Å². The van der Waals surface area contributed by atoms with Gasteiger partial charge in [0.15, 0.2) is 0 Å². The van der Waals surface area contributed by atoms with E-state index in [0.29, 0.717) is 42.8 Å². The van der Waals surface area contributed by atoms with Crippen molar-refractivity contribution in [3.63, 3.8) is 0 Å². The normalized spacial score (nSPS) is 14.2. The molecule has 0 bridgehead atoms. The summed E-state index contributed by atoms with van der Waals surface area (Å²) in [6, 6.07) is 26.3. The molecule has 4 amide bonds. The number of hydrogen-bond acceptors (Lipinski definition) is 9. The van der Waals surface area contributed by atoms with Gasteiger partial charge in [0.05, 0.1) is 6.54 Å². The summed E-state index contributed by atoms with van der Waals surface area (Å²) < 4.78 is 37.7. The van der Waals surface area contributed by atoms with E-state index in [9.17, 15) is 28.4 Å². The quantitative estimate of drug-likeness (QED) is 0.0477. The minimum Gasteiger partial charge on any atom is -0.488 e. The van der Waals surface area contributed by atoms with Crippen LogP contribution in [0.2, 0.25) is 5.02 Å². The maximum absolute atomic E-state index is 14.7. The van der Waals surface area contributed by atoms with E-state index in [-0.39, 0.29) is 37.8 Å². The lowest BCUT2D eigenvalue weighted by molar-refractivity contribution is -0.150. The van der Waals surface area contributed by atoms with Gasteiger partial charge in [0, 0.05) is 31.1 Å². The van der Waals surface area contributed by atoms with Gasteiger partial charge in [0.2, 0.25) is 11.8 Å². The fourth-order valence-electron chi connectivity index (χ4n) is 6.99. The lowest BCUT2D eigenvalue weighted by Gasteiger charge is -2.37. The first-order valence-electron chi connectivity index (χ1n) is 21.9. The number of esters is 1. The maximum atomic E-state index is 14.7. The molecule has 65 heavy (non-hydrogen) atoms. The number of carbonyl (C=O) groups is 5. The second kappa shape index (κ2) is 23.7. The van der Waals surface area contributed by atoms with Crippen molar-refractivity contribution in [3.05, 3.63) is 136 Å². The number of carbonyl (C=O) groups excluding carboxylic acids is 5. The average Bonchev–Trinajstić information content (AvgIpc) is 4.12. The summed E-state index contributed by atoms with van der Waals surface area (Å²) in [4.78, 5) is 71.0. The first kappa shape index (κ1) is 49.9. The van der Waals surface area contributed by atoms with Crippen molar-refractivity contribution in [3.8, 4) is 5.75 Å². The van der Waals surface area contributed by atoms with Crippen molar-refractivity contribution in [2.24, 2.45) is 5.92 Å². The molecule has 348 valence electrons. The first-order valence-corrected chi connectivity index (χ1v) is 22.3. The number of amides is 4.